The van der Waals surface area contributed by atoms with Gasteiger partial charge in [0.25, 0.3) is 0 Å². The summed E-state index contributed by atoms with van der Waals surface area (Å²) in [6.07, 6.45) is 9.78. The minimum Gasteiger partial charge on any atom is -0.493 e. The van der Waals surface area contributed by atoms with Crippen molar-refractivity contribution in [2.75, 3.05) is 66.1 Å². The normalized spacial score (nSPS) is 10.6. The zero-order valence-corrected chi connectivity index (χ0v) is 41.8. The predicted octanol–water partition coefficient (Wildman–Crippen LogP) is 12.9. The van der Waals surface area contributed by atoms with E-state index in [2.05, 4.69) is 36.8 Å². The summed E-state index contributed by atoms with van der Waals surface area (Å²) < 4.78 is 46.0. The minimum absolute atomic E-state index is 0.309. The molecule has 10 heteroatoms. The fourth-order valence-electron chi connectivity index (χ4n) is 7.36. The van der Waals surface area contributed by atoms with Crippen molar-refractivity contribution in [1.29, 1.82) is 0 Å². The van der Waals surface area contributed by atoms with E-state index < -0.39 is 11.9 Å². The van der Waals surface area contributed by atoms with Gasteiger partial charge < -0.3 is 37.9 Å². The molecule has 10 nitrogen and oxygen atoms in total. The Morgan fingerprint density at radius 2 is 0.792 bits per heavy atom. The molecule has 0 aromatic heterocycles. The lowest BCUT2D eigenvalue weighted by molar-refractivity contribution is 0.0490. The van der Waals surface area contributed by atoms with Crippen LogP contribution in [0.2, 0.25) is 0 Å². The molecule has 0 bridgehead atoms. The summed E-state index contributed by atoms with van der Waals surface area (Å²) in [5.41, 5.74) is 3.75. The zero-order valence-electron chi connectivity index (χ0n) is 41.8. The van der Waals surface area contributed by atoms with Crippen LogP contribution in [0.25, 0.3) is 21.5 Å². The Balaban J connectivity index is 0.981. The van der Waals surface area contributed by atoms with Crippen LogP contribution in [-0.2, 0) is 18.9 Å². The molecule has 0 atom stereocenters. The molecule has 0 radical (unpaired) electrons. The van der Waals surface area contributed by atoms with Gasteiger partial charge in [0.2, 0.25) is 0 Å². The molecule has 0 saturated carbocycles. The summed E-state index contributed by atoms with van der Waals surface area (Å²) in [4.78, 5) is 26.3. The van der Waals surface area contributed by atoms with Gasteiger partial charge in [-0.2, -0.15) is 0 Å². The second kappa shape index (κ2) is 30.3. The van der Waals surface area contributed by atoms with E-state index in [1.807, 2.05) is 98.8 Å². The zero-order chi connectivity index (χ0) is 50.6. The van der Waals surface area contributed by atoms with Gasteiger partial charge in [-0.25, -0.2) is 9.59 Å². The molecule has 0 aliphatic carbocycles. The van der Waals surface area contributed by atoms with E-state index in [4.69, 9.17) is 37.9 Å². The van der Waals surface area contributed by atoms with Gasteiger partial charge in [0, 0.05) is 35.1 Å². The third-order valence-corrected chi connectivity index (χ3v) is 11.0. The number of carbonyl (C=O) groups is 2. The van der Waals surface area contributed by atoms with E-state index in [0.29, 0.717) is 113 Å². The number of carbonyl (C=O) groups excluding carboxylic acids is 2. The third-order valence-electron chi connectivity index (χ3n) is 11.0. The average molecular weight is 971 g/mol. The Morgan fingerprint density at radius 1 is 0.417 bits per heavy atom. The molecule has 6 aromatic carbocycles. The number of hydrogen-bond donors (Lipinski definition) is 0. The molecule has 0 saturated heterocycles. The molecule has 0 fully saturated rings. The maximum atomic E-state index is 13.2. The monoisotopic (exact) mass is 970 g/mol. The van der Waals surface area contributed by atoms with Crippen molar-refractivity contribution in [3.8, 4) is 46.7 Å². The number of esters is 2. The van der Waals surface area contributed by atoms with Crippen LogP contribution < -0.4 is 18.9 Å². The highest BCUT2D eigenvalue weighted by Gasteiger charge is 2.17. The number of ether oxygens (including phenoxy) is 8. The van der Waals surface area contributed by atoms with Crippen molar-refractivity contribution in [1.82, 2.24) is 0 Å². The van der Waals surface area contributed by atoms with Crippen LogP contribution in [0.4, 0.5) is 0 Å². The second-order valence-electron chi connectivity index (χ2n) is 16.9. The molecule has 6 rings (SSSR count). The Kier molecular flexibility index (Phi) is 22.6. The minimum atomic E-state index is -0.442. The molecule has 0 aliphatic rings. The van der Waals surface area contributed by atoms with Gasteiger partial charge in [-0.1, -0.05) is 73.9 Å². The Bertz CT molecular complexity index is 2660. The highest BCUT2D eigenvalue weighted by Crippen LogP contribution is 2.26. The average Bonchev–Trinajstić information content (AvgIpc) is 3.41. The van der Waals surface area contributed by atoms with Crippen molar-refractivity contribution in [3.63, 3.8) is 0 Å². The molecule has 6 aromatic rings. The standard InChI is InChI=1S/C62H66O10/c1-5-31-65-35-13-39-67-55-27-25-51-41-47(19-23-53(51)45-55)15-17-49-21-29-59(57(43-49)61(63)71-33-7-3)69-37-11-9-10-12-38-70-60-30-22-50(44-58(60)62(64)72-34-8-4)18-16-48-20-24-54-46-56(28-26-52(54)42-48)68-40-14-36-66-32-6-2/h5-6,19-30,41-46H,1-2,7-14,31-40H2,3-4H3. The first-order valence-electron chi connectivity index (χ1n) is 25.0. The van der Waals surface area contributed by atoms with Crippen LogP contribution in [0.5, 0.6) is 23.0 Å². The molecule has 0 unspecified atom stereocenters. The van der Waals surface area contributed by atoms with Crippen LogP contribution in [0, 0.1) is 23.7 Å². The maximum Gasteiger partial charge on any atom is 0.341 e. The molecule has 0 amide bonds. The van der Waals surface area contributed by atoms with Crippen LogP contribution in [-0.4, -0.2) is 78.0 Å². The highest BCUT2D eigenvalue weighted by atomic mass is 16.5. The van der Waals surface area contributed by atoms with E-state index in [1.165, 1.54) is 0 Å². The molecule has 72 heavy (non-hydrogen) atoms. The van der Waals surface area contributed by atoms with Crippen LogP contribution in [0.1, 0.15) is 108 Å². The van der Waals surface area contributed by atoms with Crippen molar-refractivity contribution in [2.45, 2.75) is 65.2 Å². The summed E-state index contributed by atoms with van der Waals surface area (Å²) in [6, 6.07) is 34.9. The van der Waals surface area contributed by atoms with Gasteiger partial charge in [-0.3, -0.25) is 0 Å². The lowest BCUT2D eigenvalue weighted by Gasteiger charge is -2.13. The van der Waals surface area contributed by atoms with Gasteiger partial charge in [0.05, 0.1) is 66.1 Å². The van der Waals surface area contributed by atoms with E-state index in [-0.39, 0.29) is 0 Å². The molecule has 374 valence electrons. The summed E-state index contributed by atoms with van der Waals surface area (Å²) in [6.45, 7) is 16.2. The Labute approximate surface area is 425 Å². The topological polar surface area (TPSA) is 108 Å². The lowest BCUT2D eigenvalue weighted by atomic mass is 10.1. The maximum absolute atomic E-state index is 13.2. The summed E-state index contributed by atoms with van der Waals surface area (Å²) in [5, 5.41) is 4.21. The molecule has 0 N–H and O–H groups in total. The molecule has 0 heterocycles. The first kappa shape index (κ1) is 53.8. The highest BCUT2D eigenvalue weighted by molar-refractivity contribution is 5.94. The van der Waals surface area contributed by atoms with Gasteiger partial charge in [-0.15, -0.1) is 13.2 Å². The summed E-state index contributed by atoms with van der Waals surface area (Å²) in [5.74, 6) is 14.6. The largest absolute Gasteiger partial charge is 0.493 e. The number of hydrogen-bond acceptors (Lipinski definition) is 10. The van der Waals surface area contributed by atoms with Gasteiger partial charge >= 0.3 is 11.9 Å². The van der Waals surface area contributed by atoms with E-state index in [0.717, 1.165) is 82.7 Å². The Hall–Kier alpha value is -7.50. The fourth-order valence-corrected chi connectivity index (χ4v) is 7.36. The Morgan fingerprint density at radius 3 is 1.21 bits per heavy atom. The van der Waals surface area contributed by atoms with Crippen LogP contribution in [0.15, 0.2) is 135 Å². The molecule has 0 aliphatic heterocycles. The summed E-state index contributed by atoms with van der Waals surface area (Å²) >= 11 is 0. The SMILES string of the molecule is C=CCOCCCOc1ccc2cc(C#Cc3ccc(OCCCCCCOc4ccc(C#Cc5ccc6cc(OCCCOCC=C)ccc6c5)cc4C(=O)OCCC)c(C(=O)OCCC)c3)ccc2c1. The van der Waals surface area contributed by atoms with Crippen molar-refractivity contribution >= 4 is 33.5 Å². The van der Waals surface area contributed by atoms with Crippen molar-refractivity contribution in [3.05, 3.63) is 168 Å². The van der Waals surface area contributed by atoms with E-state index in [1.54, 1.807) is 36.4 Å². The predicted molar refractivity (Wildman–Crippen MR) is 286 cm³/mol. The first-order chi connectivity index (χ1) is 35.4. The fraction of sp³-hybridized carbons (Fsp3) is 0.323. The number of benzene rings is 6. The number of fused-ring (bicyclic) bond motifs is 2. The second-order valence-corrected chi connectivity index (χ2v) is 16.9. The van der Waals surface area contributed by atoms with Crippen molar-refractivity contribution < 1.29 is 47.5 Å². The van der Waals surface area contributed by atoms with Gasteiger partial charge in [-0.05, 0) is 145 Å². The van der Waals surface area contributed by atoms with E-state index >= 15 is 0 Å². The molecule has 0 spiro atoms. The molecular formula is C62H66O10. The van der Waals surface area contributed by atoms with Crippen LogP contribution in [0.3, 0.4) is 0 Å². The van der Waals surface area contributed by atoms with E-state index in [9.17, 15) is 9.59 Å². The third kappa shape index (κ3) is 17.7. The summed E-state index contributed by atoms with van der Waals surface area (Å²) in [7, 11) is 0. The quantitative estimate of drug-likeness (QED) is 0.0195. The van der Waals surface area contributed by atoms with Gasteiger partial charge in [0.1, 0.15) is 34.1 Å². The van der Waals surface area contributed by atoms with Crippen LogP contribution >= 0.6 is 0 Å². The number of rotatable bonds is 29. The van der Waals surface area contributed by atoms with Gasteiger partial charge in [0.15, 0.2) is 0 Å². The lowest BCUT2D eigenvalue weighted by Crippen LogP contribution is -2.10. The smallest absolute Gasteiger partial charge is 0.341 e. The molecular weight excluding hydrogens is 905 g/mol. The first-order valence-corrected chi connectivity index (χ1v) is 25.0. The number of unbranched alkanes of at least 4 members (excludes halogenated alkanes) is 3. The van der Waals surface area contributed by atoms with Crippen molar-refractivity contribution in [2.24, 2.45) is 0 Å².